The van der Waals surface area contributed by atoms with E-state index in [1.165, 1.54) is 0 Å². The molecule has 0 aliphatic carbocycles. The highest BCUT2D eigenvalue weighted by Crippen LogP contribution is 2.24. The molecule has 0 aliphatic heterocycles. The van der Waals surface area contributed by atoms with Gasteiger partial charge in [0.05, 0.1) is 12.2 Å². The molecule has 0 radical (unpaired) electrons. The highest BCUT2D eigenvalue weighted by molar-refractivity contribution is 5.95. The summed E-state index contributed by atoms with van der Waals surface area (Å²) in [5, 5.41) is 8.85. The van der Waals surface area contributed by atoms with Crippen LogP contribution in [0.15, 0.2) is 91.0 Å². The van der Waals surface area contributed by atoms with Crippen LogP contribution in [-0.2, 0) is 16.0 Å². The molecule has 0 saturated carbocycles. The summed E-state index contributed by atoms with van der Waals surface area (Å²) in [6.07, 6.45) is 1.08. The average molecular weight is 444 g/mol. The Bertz CT molecular complexity index is 1100. The van der Waals surface area contributed by atoms with E-state index >= 15 is 0 Å². The van der Waals surface area contributed by atoms with Gasteiger partial charge in [-0.3, -0.25) is 9.59 Å². The van der Waals surface area contributed by atoms with Gasteiger partial charge in [0.1, 0.15) is 12.4 Å². The molecule has 6 nitrogen and oxygen atoms in total. The predicted octanol–water partition coefficient (Wildman–Crippen LogP) is 5.26. The molecule has 0 unspecified atom stereocenters. The van der Waals surface area contributed by atoms with Gasteiger partial charge in [0.2, 0.25) is 11.8 Å². The molecule has 0 aliphatic rings. The average Bonchev–Trinajstić information content (AvgIpc) is 2.82. The SMILES string of the molecule is C=C(C)COc1ccccc1NC(=O)CNc1cccc(NC(=O)CCc2ccccc2)c1. The summed E-state index contributed by atoms with van der Waals surface area (Å²) in [6.45, 7) is 6.16. The lowest BCUT2D eigenvalue weighted by Gasteiger charge is -2.13. The van der Waals surface area contributed by atoms with Crippen molar-refractivity contribution in [2.45, 2.75) is 19.8 Å². The number of carbonyl (C=O) groups is 2. The number of hydrogen-bond donors (Lipinski definition) is 3. The predicted molar refractivity (Wildman–Crippen MR) is 134 cm³/mol. The molecule has 0 atom stereocenters. The van der Waals surface area contributed by atoms with Crippen molar-refractivity contribution in [3.8, 4) is 5.75 Å². The molecule has 0 bridgehead atoms. The van der Waals surface area contributed by atoms with E-state index in [0.717, 1.165) is 16.8 Å². The summed E-state index contributed by atoms with van der Waals surface area (Å²) in [4.78, 5) is 24.7. The smallest absolute Gasteiger partial charge is 0.243 e. The van der Waals surface area contributed by atoms with E-state index in [1.807, 2.05) is 67.6 Å². The molecule has 0 spiro atoms. The number of para-hydroxylation sites is 2. The molecule has 3 N–H and O–H groups in total. The molecule has 33 heavy (non-hydrogen) atoms. The first-order chi connectivity index (χ1) is 16.0. The Balaban J connectivity index is 1.49. The highest BCUT2D eigenvalue weighted by atomic mass is 16.5. The third kappa shape index (κ3) is 8.18. The van der Waals surface area contributed by atoms with E-state index in [-0.39, 0.29) is 18.4 Å². The molecule has 0 aromatic heterocycles. The summed E-state index contributed by atoms with van der Waals surface area (Å²) in [5.41, 5.74) is 4.03. The van der Waals surface area contributed by atoms with Crippen molar-refractivity contribution < 1.29 is 14.3 Å². The fraction of sp³-hybridized carbons (Fsp3) is 0.185. The van der Waals surface area contributed by atoms with Crippen molar-refractivity contribution in [2.75, 3.05) is 29.1 Å². The number of benzene rings is 3. The second-order valence-corrected chi connectivity index (χ2v) is 7.76. The number of amides is 2. The lowest BCUT2D eigenvalue weighted by molar-refractivity contribution is -0.116. The summed E-state index contributed by atoms with van der Waals surface area (Å²) in [6, 6.07) is 24.5. The van der Waals surface area contributed by atoms with Gasteiger partial charge in [-0.1, -0.05) is 55.1 Å². The van der Waals surface area contributed by atoms with Crippen LogP contribution >= 0.6 is 0 Å². The highest BCUT2D eigenvalue weighted by Gasteiger charge is 2.09. The fourth-order valence-corrected chi connectivity index (χ4v) is 3.11. The molecule has 170 valence electrons. The molecule has 2 amide bonds. The Morgan fingerprint density at radius 1 is 0.848 bits per heavy atom. The second kappa shape index (κ2) is 12.1. The third-order valence-electron chi connectivity index (χ3n) is 4.72. The number of nitrogens with one attached hydrogen (secondary N) is 3. The minimum Gasteiger partial charge on any atom is -0.487 e. The molecule has 0 fully saturated rings. The van der Waals surface area contributed by atoms with Gasteiger partial charge in [-0.25, -0.2) is 0 Å². The standard InChI is InChI=1S/C27H29N3O3/c1-20(2)19-33-25-14-7-6-13-24(25)30-27(32)18-28-22-11-8-12-23(17-22)29-26(31)16-15-21-9-4-3-5-10-21/h3-14,17,28H,1,15-16,18-19H2,2H3,(H,29,31)(H,30,32). The van der Waals surface area contributed by atoms with Crippen molar-refractivity contribution in [3.05, 3.63) is 96.6 Å². The maximum Gasteiger partial charge on any atom is 0.243 e. The Kier molecular flexibility index (Phi) is 8.65. The van der Waals surface area contributed by atoms with Crippen molar-refractivity contribution in [2.24, 2.45) is 0 Å². The van der Waals surface area contributed by atoms with E-state index in [1.54, 1.807) is 18.2 Å². The second-order valence-electron chi connectivity index (χ2n) is 7.76. The van der Waals surface area contributed by atoms with Gasteiger partial charge < -0.3 is 20.7 Å². The van der Waals surface area contributed by atoms with Crippen LogP contribution in [0.3, 0.4) is 0 Å². The van der Waals surface area contributed by atoms with Crippen LogP contribution in [0.2, 0.25) is 0 Å². The lowest BCUT2D eigenvalue weighted by Crippen LogP contribution is -2.22. The van der Waals surface area contributed by atoms with E-state index in [0.29, 0.717) is 36.6 Å². The number of carbonyl (C=O) groups excluding carboxylic acids is 2. The zero-order chi connectivity index (χ0) is 23.5. The fourth-order valence-electron chi connectivity index (χ4n) is 3.11. The van der Waals surface area contributed by atoms with Crippen molar-refractivity contribution in [1.29, 1.82) is 0 Å². The van der Waals surface area contributed by atoms with Gasteiger partial charge in [0.15, 0.2) is 0 Å². The van der Waals surface area contributed by atoms with Gasteiger partial charge in [0, 0.05) is 17.8 Å². The molecular weight excluding hydrogens is 414 g/mol. The van der Waals surface area contributed by atoms with E-state index in [9.17, 15) is 9.59 Å². The van der Waals surface area contributed by atoms with Crippen LogP contribution in [0, 0.1) is 0 Å². The van der Waals surface area contributed by atoms with Crippen LogP contribution < -0.4 is 20.7 Å². The van der Waals surface area contributed by atoms with Gasteiger partial charge in [-0.15, -0.1) is 0 Å². The first-order valence-corrected chi connectivity index (χ1v) is 10.8. The molecule has 6 heteroatoms. The summed E-state index contributed by atoms with van der Waals surface area (Å²) < 4.78 is 5.69. The van der Waals surface area contributed by atoms with Crippen LogP contribution in [0.25, 0.3) is 0 Å². The van der Waals surface area contributed by atoms with Crippen molar-refractivity contribution in [3.63, 3.8) is 0 Å². The minimum absolute atomic E-state index is 0.0554. The minimum atomic E-state index is -0.210. The Labute approximate surface area is 194 Å². The molecule has 3 aromatic rings. The Morgan fingerprint density at radius 2 is 1.58 bits per heavy atom. The summed E-state index contributed by atoms with van der Waals surface area (Å²) in [5.74, 6) is 0.327. The number of aryl methyl sites for hydroxylation is 1. The maximum absolute atomic E-state index is 12.4. The molecule has 0 heterocycles. The zero-order valence-corrected chi connectivity index (χ0v) is 18.8. The van der Waals surface area contributed by atoms with Crippen molar-refractivity contribution in [1.82, 2.24) is 0 Å². The Hall–Kier alpha value is -4.06. The van der Waals surface area contributed by atoms with Gasteiger partial charge >= 0.3 is 0 Å². The van der Waals surface area contributed by atoms with E-state index in [2.05, 4.69) is 22.5 Å². The third-order valence-corrected chi connectivity index (χ3v) is 4.72. The number of hydrogen-bond acceptors (Lipinski definition) is 4. The normalized spacial score (nSPS) is 10.2. The maximum atomic E-state index is 12.4. The van der Waals surface area contributed by atoms with Crippen LogP contribution in [0.1, 0.15) is 18.9 Å². The van der Waals surface area contributed by atoms with Crippen LogP contribution in [0.5, 0.6) is 5.75 Å². The molecule has 0 saturated heterocycles. The van der Waals surface area contributed by atoms with E-state index < -0.39 is 0 Å². The van der Waals surface area contributed by atoms with Gasteiger partial charge in [-0.05, 0) is 54.8 Å². The number of anilines is 3. The largest absolute Gasteiger partial charge is 0.487 e. The summed E-state index contributed by atoms with van der Waals surface area (Å²) >= 11 is 0. The van der Waals surface area contributed by atoms with Crippen LogP contribution in [-0.4, -0.2) is 25.0 Å². The Morgan fingerprint density at radius 3 is 2.36 bits per heavy atom. The molecule has 3 aromatic carbocycles. The van der Waals surface area contributed by atoms with Crippen molar-refractivity contribution >= 4 is 28.9 Å². The van der Waals surface area contributed by atoms with E-state index in [4.69, 9.17) is 4.74 Å². The molecular formula is C27H29N3O3. The van der Waals surface area contributed by atoms with Gasteiger partial charge in [0.25, 0.3) is 0 Å². The monoisotopic (exact) mass is 443 g/mol. The topological polar surface area (TPSA) is 79.5 Å². The first-order valence-electron chi connectivity index (χ1n) is 10.8. The molecule has 3 rings (SSSR count). The quantitative estimate of drug-likeness (QED) is 0.353. The number of rotatable bonds is 11. The van der Waals surface area contributed by atoms with Gasteiger partial charge in [-0.2, -0.15) is 0 Å². The lowest BCUT2D eigenvalue weighted by atomic mass is 10.1. The summed E-state index contributed by atoms with van der Waals surface area (Å²) in [7, 11) is 0. The zero-order valence-electron chi connectivity index (χ0n) is 18.8. The number of ether oxygens (including phenoxy) is 1. The van der Waals surface area contributed by atoms with Crippen LogP contribution in [0.4, 0.5) is 17.1 Å². The first kappa shape index (κ1) is 23.6.